The normalized spacial score (nSPS) is 13.2. The van der Waals surface area contributed by atoms with E-state index in [1.54, 1.807) is 6.07 Å². The third-order valence-electron chi connectivity index (χ3n) is 2.40. The zero-order valence-corrected chi connectivity index (χ0v) is 10.1. The van der Waals surface area contributed by atoms with Gasteiger partial charge >= 0.3 is 0 Å². The molecule has 1 aromatic carbocycles. The fraction of sp³-hybridized carbons (Fsp3) is 0.500. The van der Waals surface area contributed by atoms with E-state index in [9.17, 15) is 4.39 Å². The molecular weight excluding hydrogens is 213 g/mol. The summed E-state index contributed by atoms with van der Waals surface area (Å²) >= 11 is 5.64. The zero-order valence-electron chi connectivity index (χ0n) is 9.35. The number of rotatable bonds is 4. The number of nitrogens with one attached hydrogen (secondary N) is 1. The van der Waals surface area contributed by atoms with Crippen molar-refractivity contribution < 1.29 is 4.39 Å². The summed E-state index contributed by atoms with van der Waals surface area (Å²) in [6, 6.07) is 5.18. The van der Waals surface area contributed by atoms with Crippen LogP contribution in [-0.4, -0.2) is 7.05 Å². The molecule has 1 rings (SSSR count). The van der Waals surface area contributed by atoms with Gasteiger partial charge in [-0.1, -0.05) is 31.5 Å². The van der Waals surface area contributed by atoms with Gasteiger partial charge in [0.15, 0.2) is 0 Å². The minimum Gasteiger partial charge on any atom is -0.313 e. The molecule has 15 heavy (non-hydrogen) atoms. The lowest BCUT2D eigenvalue weighted by Gasteiger charge is -2.19. The van der Waals surface area contributed by atoms with Gasteiger partial charge in [0.1, 0.15) is 5.82 Å². The van der Waals surface area contributed by atoms with Crippen LogP contribution in [0, 0.1) is 11.7 Å². The molecule has 0 amide bonds. The number of benzene rings is 1. The second kappa shape index (κ2) is 5.47. The Labute approximate surface area is 95.6 Å². The number of hydrogen-bond acceptors (Lipinski definition) is 1. The monoisotopic (exact) mass is 229 g/mol. The first-order valence-corrected chi connectivity index (χ1v) is 5.54. The fourth-order valence-electron chi connectivity index (χ4n) is 1.62. The van der Waals surface area contributed by atoms with E-state index in [0.29, 0.717) is 5.92 Å². The minimum absolute atomic E-state index is 0.179. The maximum Gasteiger partial charge on any atom is 0.142 e. The van der Waals surface area contributed by atoms with Crippen LogP contribution < -0.4 is 5.32 Å². The van der Waals surface area contributed by atoms with E-state index in [1.807, 2.05) is 13.1 Å². The van der Waals surface area contributed by atoms with E-state index in [2.05, 4.69) is 19.2 Å². The molecule has 0 spiro atoms. The van der Waals surface area contributed by atoms with Crippen molar-refractivity contribution in [2.75, 3.05) is 7.05 Å². The van der Waals surface area contributed by atoms with Gasteiger partial charge in [-0.05, 0) is 37.1 Å². The average Bonchev–Trinajstić information content (AvgIpc) is 2.18. The highest BCUT2D eigenvalue weighted by Crippen LogP contribution is 2.24. The third-order valence-corrected chi connectivity index (χ3v) is 2.71. The molecule has 0 saturated carbocycles. The van der Waals surface area contributed by atoms with Crippen molar-refractivity contribution in [3.63, 3.8) is 0 Å². The lowest BCUT2D eigenvalue weighted by atomic mass is 9.97. The Balaban J connectivity index is 2.87. The lowest BCUT2D eigenvalue weighted by molar-refractivity contribution is 0.454. The number of hydrogen-bond donors (Lipinski definition) is 1. The SMILES string of the molecule is CNC(CC(C)C)c1ccc(Cl)c(F)c1. The molecule has 0 aliphatic heterocycles. The summed E-state index contributed by atoms with van der Waals surface area (Å²) in [5.74, 6) is 0.222. The summed E-state index contributed by atoms with van der Waals surface area (Å²) in [4.78, 5) is 0. The Morgan fingerprint density at radius 3 is 2.53 bits per heavy atom. The smallest absolute Gasteiger partial charge is 0.142 e. The van der Waals surface area contributed by atoms with Crippen LogP contribution in [0.3, 0.4) is 0 Å². The zero-order chi connectivity index (χ0) is 11.4. The predicted molar refractivity (Wildman–Crippen MR) is 62.7 cm³/mol. The Kier molecular flexibility index (Phi) is 4.55. The average molecular weight is 230 g/mol. The van der Waals surface area contributed by atoms with Crippen molar-refractivity contribution in [1.82, 2.24) is 5.32 Å². The Morgan fingerprint density at radius 1 is 1.40 bits per heavy atom. The Hall–Kier alpha value is -0.600. The molecule has 0 aromatic heterocycles. The summed E-state index contributed by atoms with van der Waals surface area (Å²) in [6.45, 7) is 4.30. The molecule has 0 heterocycles. The van der Waals surface area contributed by atoms with Crippen LogP contribution in [0.1, 0.15) is 31.9 Å². The molecule has 1 unspecified atom stereocenters. The van der Waals surface area contributed by atoms with E-state index >= 15 is 0 Å². The van der Waals surface area contributed by atoms with Crippen molar-refractivity contribution in [1.29, 1.82) is 0 Å². The van der Waals surface area contributed by atoms with Crippen LogP contribution >= 0.6 is 11.6 Å². The topological polar surface area (TPSA) is 12.0 Å². The summed E-state index contributed by atoms with van der Waals surface area (Å²) < 4.78 is 13.3. The molecule has 3 heteroatoms. The van der Waals surface area contributed by atoms with Gasteiger partial charge in [-0.25, -0.2) is 4.39 Å². The van der Waals surface area contributed by atoms with Gasteiger partial charge in [0.2, 0.25) is 0 Å². The molecule has 0 fully saturated rings. The predicted octanol–water partition coefficient (Wildman–Crippen LogP) is 3.79. The third kappa shape index (κ3) is 3.47. The first kappa shape index (κ1) is 12.5. The van der Waals surface area contributed by atoms with Crippen LogP contribution in [0.15, 0.2) is 18.2 Å². The first-order chi connectivity index (χ1) is 7.04. The van der Waals surface area contributed by atoms with Crippen LogP contribution in [0.4, 0.5) is 4.39 Å². The van der Waals surface area contributed by atoms with Crippen molar-refractivity contribution in [2.24, 2.45) is 5.92 Å². The highest BCUT2D eigenvalue weighted by Gasteiger charge is 2.12. The van der Waals surface area contributed by atoms with Gasteiger partial charge in [0.25, 0.3) is 0 Å². The fourth-order valence-corrected chi connectivity index (χ4v) is 1.74. The van der Waals surface area contributed by atoms with Gasteiger partial charge in [0.05, 0.1) is 5.02 Å². The highest BCUT2D eigenvalue weighted by atomic mass is 35.5. The summed E-state index contributed by atoms with van der Waals surface area (Å²) in [5.41, 5.74) is 0.952. The molecule has 1 N–H and O–H groups in total. The summed E-state index contributed by atoms with van der Waals surface area (Å²) in [5, 5.41) is 3.37. The van der Waals surface area contributed by atoms with Crippen molar-refractivity contribution in [3.8, 4) is 0 Å². The van der Waals surface area contributed by atoms with E-state index < -0.39 is 0 Å². The maximum atomic E-state index is 13.3. The van der Waals surface area contributed by atoms with E-state index in [0.717, 1.165) is 12.0 Å². The molecule has 0 aliphatic carbocycles. The molecule has 84 valence electrons. The van der Waals surface area contributed by atoms with Crippen LogP contribution in [0.2, 0.25) is 5.02 Å². The van der Waals surface area contributed by atoms with Crippen LogP contribution in [0.25, 0.3) is 0 Å². The molecule has 1 atom stereocenters. The molecular formula is C12H17ClFN. The van der Waals surface area contributed by atoms with Crippen LogP contribution in [-0.2, 0) is 0 Å². The highest BCUT2D eigenvalue weighted by molar-refractivity contribution is 6.30. The van der Waals surface area contributed by atoms with Gasteiger partial charge in [-0.15, -0.1) is 0 Å². The van der Waals surface area contributed by atoms with Gasteiger partial charge in [0, 0.05) is 6.04 Å². The molecule has 0 bridgehead atoms. The molecule has 0 saturated heterocycles. The maximum absolute atomic E-state index is 13.3. The van der Waals surface area contributed by atoms with E-state index in [4.69, 9.17) is 11.6 Å². The molecule has 0 aliphatic rings. The van der Waals surface area contributed by atoms with Gasteiger partial charge in [-0.3, -0.25) is 0 Å². The molecule has 1 aromatic rings. The first-order valence-electron chi connectivity index (χ1n) is 5.16. The quantitative estimate of drug-likeness (QED) is 0.829. The second-order valence-electron chi connectivity index (χ2n) is 4.14. The van der Waals surface area contributed by atoms with Gasteiger partial charge < -0.3 is 5.32 Å². The van der Waals surface area contributed by atoms with Gasteiger partial charge in [-0.2, -0.15) is 0 Å². The second-order valence-corrected chi connectivity index (χ2v) is 4.55. The summed E-state index contributed by atoms with van der Waals surface area (Å²) in [6.07, 6.45) is 0.984. The Morgan fingerprint density at radius 2 is 2.07 bits per heavy atom. The van der Waals surface area contributed by atoms with Crippen molar-refractivity contribution in [2.45, 2.75) is 26.3 Å². The van der Waals surface area contributed by atoms with E-state index in [1.165, 1.54) is 6.07 Å². The minimum atomic E-state index is -0.349. The Bertz CT molecular complexity index is 325. The number of halogens is 2. The van der Waals surface area contributed by atoms with E-state index in [-0.39, 0.29) is 16.9 Å². The largest absolute Gasteiger partial charge is 0.313 e. The van der Waals surface area contributed by atoms with Crippen LogP contribution in [0.5, 0.6) is 0 Å². The molecule has 1 nitrogen and oxygen atoms in total. The molecule has 0 radical (unpaired) electrons. The summed E-state index contributed by atoms with van der Waals surface area (Å²) in [7, 11) is 1.89. The lowest BCUT2D eigenvalue weighted by Crippen LogP contribution is -2.18. The standard InChI is InChI=1S/C12H17ClFN/c1-8(2)6-12(15-3)9-4-5-10(13)11(14)7-9/h4-5,7-8,12,15H,6H2,1-3H3. The van der Waals surface area contributed by atoms with Crippen molar-refractivity contribution in [3.05, 3.63) is 34.6 Å². The van der Waals surface area contributed by atoms with Crippen molar-refractivity contribution >= 4 is 11.6 Å².